The van der Waals surface area contributed by atoms with Gasteiger partial charge in [-0.05, 0) is 24.6 Å². The summed E-state index contributed by atoms with van der Waals surface area (Å²) < 4.78 is 2.40. The van der Waals surface area contributed by atoms with Gasteiger partial charge in [-0.3, -0.25) is 4.79 Å². The number of fused-ring (bicyclic) bond motifs is 3. The van der Waals surface area contributed by atoms with Crippen LogP contribution in [0.3, 0.4) is 0 Å². The molecule has 0 saturated carbocycles. The van der Waals surface area contributed by atoms with Crippen LogP contribution in [0, 0.1) is 0 Å². The lowest BCUT2D eigenvalue weighted by Crippen LogP contribution is -2.06. The molecule has 1 unspecified atom stereocenters. The fourth-order valence-corrected chi connectivity index (χ4v) is 3.31. The summed E-state index contributed by atoms with van der Waals surface area (Å²) in [5, 5.41) is 11.5. The van der Waals surface area contributed by atoms with Gasteiger partial charge in [0, 0.05) is 20.2 Å². The quantitative estimate of drug-likeness (QED) is 0.744. The molecule has 3 rings (SSSR count). The lowest BCUT2D eigenvalue weighted by molar-refractivity contribution is -0.138. The number of rotatable bonds is 2. The van der Waals surface area contributed by atoms with Gasteiger partial charge in [-0.15, -0.1) is 11.3 Å². The summed E-state index contributed by atoms with van der Waals surface area (Å²) in [6.45, 7) is 1.72. The zero-order valence-electron chi connectivity index (χ0n) is 9.88. The van der Waals surface area contributed by atoms with Crippen molar-refractivity contribution in [3.05, 3.63) is 48.0 Å². The molecule has 0 aliphatic rings. The summed E-state index contributed by atoms with van der Waals surface area (Å²) in [6, 6.07) is 14.2. The fourth-order valence-electron chi connectivity index (χ4n) is 2.15. The van der Waals surface area contributed by atoms with E-state index in [0.29, 0.717) is 0 Å². The van der Waals surface area contributed by atoms with Crippen molar-refractivity contribution in [1.29, 1.82) is 0 Å². The van der Waals surface area contributed by atoms with Crippen LogP contribution in [0.4, 0.5) is 0 Å². The highest BCUT2D eigenvalue weighted by molar-refractivity contribution is 7.25. The number of benzene rings is 2. The number of carbonyl (C=O) groups is 1. The van der Waals surface area contributed by atoms with Gasteiger partial charge in [0.05, 0.1) is 5.92 Å². The van der Waals surface area contributed by atoms with Gasteiger partial charge in [-0.2, -0.15) is 0 Å². The van der Waals surface area contributed by atoms with Gasteiger partial charge in [0.25, 0.3) is 0 Å². The Balaban J connectivity index is 2.24. The molecule has 1 heterocycles. The van der Waals surface area contributed by atoms with Crippen LogP contribution in [-0.2, 0) is 4.79 Å². The topological polar surface area (TPSA) is 37.3 Å². The smallest absolute Gasteiger partial charge is 0.310 e. The van der Waals surface area contributed by atoms with Crippen molar-refractivity contribution in [1.82, 2.24) is 0 Å². The van der Waals surface area contributed by atoms with E-state index >= 15 is 0 Å². The van der Waals surface area contributed by atoms with Gasteiger partial charge in [0.1, 0.15) is 0 Å². The second-order valence-corrected chi connectivity index (χ2v) is 5.50. The van der Waals surface area contributed by atoms with Crippen LogP contribution in [0.5, 0.6) is 0 Å². The first-order valence-electron chi connectivity index (χ1n) is 5.81. The summed E-state index contributed by atoms with van der Waals surface area (Å²) in [5.74, 6) is -1.24. The predicted molar refractivity (Wildman–Crippen MR) is 75.4 cm³/mol. The van der Waals surface area contributed by atoms with Gasteiger partial charge in [0.2, 0.25) is 0 Å². The molecular weight excluding hydrogens is 244 g/mol. The fraction of sp³-hybridized carbons (Fsp3) is 0.133. The predicted octanol–water partition coefficient (Wildman–Crippen LogP) is 4.24. The Morgan fingerprint density at radius 3 is 2.61 bits per heavy atom. The molecule has 3 heteroatoms. The van der Waals surface area contributed by atoms with Gasteiger partial charge in [-0.25, -0.2) is 0 Å². The Hall–Kier alpha value is -1.87. The Bertz CT molecular complexity index is 742. The Kier molecular flexibility index (Phi) is 2.56. The summed E-state index contributed by atoms with van der Waals surface area (Å²) in [4.78, 5) is 11.0. The van der Waals surface area contributed by atoms with Crippen molar-refractivity contribution < 1.29 is 9.90 Å². The molecule has 0 radical (unpaired) electrons. The minimum absolute atomic E-state index is 0.459. The van der Waals surface area contributed by atoms with Crippen LogP contribution in [-0.4, -0.2) is 11.1 Å². The van der Waals surface area contributed by atoms with Crippen molar-refractivity contribution in [2.75, 3.05) is 0 Å². The van der Waals surface area contributed by atoms with E-state index in [4.69, 9.17) is 5.11 Å². The van der Waals surface area contributed by atoms with Crippen LogP contribution in [0.2, 0.25) is 0 Å². The molecular formula is C15H12O2S. The molecule has 2 aromatic carbocycles. The number of thiophene rings is 1. The van der Waals surface area contributed by atoms with E-state index in [1.165, 1.54) is 15.5 Å². The molecule has 0 aliphatic heterocycles. The molecule has 0 bridgehead atoms. The van der Waals surface area contributed by atoms with E-state index in [1.807, 2.05) is 30.3 Å². The van der Waals surface area contributed by atoms with Crippen LogP contribution in [0.25, 0.3) is 20.2 Å². The second kappa shape index (κ2) is 4.10. The Labute approximate surface area is 108 Å². The highest BCUT2D eigenvalue weighted by Gasteiger charge is 2.14. The van der Waals surface area contributed by atoms with Gasteiger partial charge in [-0.1, -0.05) is 30.3 Å². The van der Waals surface area contributed by atoms with Gasteiger partial charge >= 0.3 is 5.97 Å². The lowest BCUT2D eigenvalue weighted by Gasteiger charge is -2.05. The SMILES string of the molecule is CC(C(=O)O)c1ccc2c(c1)sc1ccccc12. The first kappa shape index (κ1) is 11.2. The van der Waals surface area contributed by atoms with E-state index in [-0.39, 0.29) is 0 Å². The molecule has 90 valence electrons. The van der Waals surface area contributed by atoms with Crippen molar-refractivity contribution in [2.45, 2.75) is 12.8 Å². The molecule has 1 N–H and O–H groups in total. The van der Waals surface area contributed by atoms with Crippen molar-refractivity contribution in [2.24, 2.45) is 0 Å². The standard InChI is InChI=1S/C15H12O2S/c1-9(15(16)17)10-6-7-12-11-4-2-3-5-13(11)18-14(12)8-10/h2-9H,1H3,(H,16,17). The largest absolute Gasteiger partial charge is 0.481 e. The molecule has 0 aliphatic carbocycles. The first-order valence-corrected chi connectivity index (χ1v) is 6.62. The lowest BCUT2D eigenvalue weighted by atomic mass is 10.00. The highest BCUT2D eigenvalue weighted by Crippen LogP contribution is 2.35. The van der Waals surface area contributed by atoms with Crippen molar-refractivity contribution in [3.63, 3.8) is 0 Å². The Morgan fingerprint density at radius 1 is 1.11 bits per heavy atom. The third-order valence-electron chi connectivity index (χ3n) is 3.27. The number of carboxylic acid groups (broad SMARTS) is 1. The van der Waals surface area contributed by atoms with E-state index in [2.05, 4.69) is 12.1 Å². The van der Waals surface area contributed by atoms with Crippen LogP contribution in [0.1, 0.15) is 18.4 Å². The third kappa shape index (κ3) is 1.68. The summed E-state index contributed by atoms with van der Waals surface area (Å²) in [7, 11) is 0. The molecule has 3 aromatic rings. The maximum absolute atomic E-state index is 11.0. The molecule has 0 spiro atoms. The van der Waals surface area contributed by atoms with Gasteiger partial charge in [0.15, 0.2) is 0 Å². The van der Waals surface area contributed by atoms with Crippen LogP contribution in [0.15, 0.2) is 42.5 Å². The first-order chi connectivity index (χ1) is 8.66. The molecule has 0 amide bonds. The Morgan fingerprint density at radius 2 is 1.83 bits per heavy atom. The highest BCUT2D eigenvalue weighted by atomic mass is 32.1. The minimum atomic E-state index is -0.782. The monoisotopic (exact) mass is 256 g/mol. The van der Waals surface area contributed by atoms with Crippen molar-refractivity contribution >= 4 is 37.5 Å². The van der Waals surface area contributed by atoms with Crippen molar-refractivity contribution in [3.8, 4) is 0 Å². The van der Waals surface area contributed by atoms with E-state index < -0.39 is 11.9 Å². The number of aliphatic carboxylic acids is 1. The summed E-state index contributed by atoms with van der Waals surface area (Å²) >= 11 is 1.71. The molecule has 1 aromatic heterocycles. The second-order valence-electron chi connectivity index (χ2n) is 4.41. The zero-order chi connectivity index (χ0) is 12.7. The maximum Gasteiger partial charge on any atom is 0.310 e. The number of hydrogen-bond acceptors (Lipinski definition) is 2. The average molecular weight is 256 g/mol. The minimum Gasteiger partial charge on any atom is -0.481 e. The van der Waals surface area contributed by atoms with Crippen LogP contribution >= 0.6 is 11.3 Å². The maximum atomic E-state index is 11.0. The zero-order valence-corrected chi connectivity index (χ0v) is 10.7. The summed E-state index contributed by atoms with van der Waals surface area (Å²) in [6.07, 6.45) is 0. The van der Waals surface area contributed by atoms with Gasteiger partial charge < -0.3 is 5.11 Å². The number of hydrogen-bond donors (Lipinski definition) is 1. The molecule has 0 fully saturated rings. The molecule has 18 heavy (non-hydrogen) atoms. The van der Waals surface area contributed by atoms with E-state index in [9.17, 15) is 4.79 Å². The average Bonchev–Trinajstić information content (AvgIpc) is 2.75. The normalized spacial score (nSPS) is 12.9. The van der Waals surface area contributed by atoms with Crippen LogP contribution < -0.4 is 0 Å². The molecule has 1 atom stereocenters. The number of carboxylic acids is 1. The third-order valence-corrected chi connectivity index (χ3v) is 4.41. The molecule has 0 saturated heterocycles. The summed E-state index contributed by atoms with van der Waals surface area (Å²) in [5.41, 5.74) is 0.863. The van der Waals surface area contributed by atoms with E-state index in [0.717, 1.165) is 10.3 Å². The molecule has 2 nitrogen and oxygen atoms in total. The van der Waals surface area contributed by atoms with E-state index in [1.54, 1.807) is 18.3 Å².